The molecule has 0 aliphatic carbocycles. The van der Waals surface area contributed by atoms with E-state index >= 15 is 0 Å². The van der Waals surface area contributed by atoms with Crippen LogP contribution in [0.3, 0.4) is 0 Å². The van der Waals surface area contributed by atoms with E-state index in [4.69, 9.17) is 10.8 Å². The van der Waals surface area contributed by atoms with Crippen LogP contribution in [0.25, 0.3) is 11.2 Å². The van der Waals surface area contributed by atoms with Crippen molar-refractivity contribution in [2.45, 2.75) is 0 Å². The molecule has 0 unspecified atom stereocenters. The molecule has 9 heteroatoms. The Morgan fingerprint density at radius 2 is 2.41 bits per heavy atom. The van der Waals surface area contributed by atoms with Crippen LogP contribution in [0.15, 0.2) is 11.1 Å². The number of rotatable bonds is 3. The quantitative estimate of drug-likeness (QED) is 0.584. The Hall–Kier alpha value is -2.58. The van der Waals surface area contributed by atoms with Crippen molar-refractivity contribution >= 4 is 23.1 Å². The summed E-state index contributed by atoms with van der Waals surface area (Å²) in [7, 11) is 1.54. The molecule has 0 aromatic carbocycles. The van der Waals surface area contributed by atoms with Crippen LogP contribution in [0, 0.1) is 0 Å². The number of carboxylic acid groups (broad SMARTS) is 1. The maximum Gasteiger partial charge on any atom is 0.324 e. The number of nitrogens with zero attached hydrogens (tertiary/aromatic N) is 4. The van der Waals surface area contributed by atoms with Gasteiger partial charge in [0, 0.05) is 7.05 Å². The minimum Gasteiger partial charge on any atom is -0.480 e. The van der Waals surface area contributed by atoms with Gasteiger partial charge in [0.25, 0.3) is 5.56 Å². The first-order chi connectivity index (χ1) is 7.99. The van der Waals surface area contributed by atoms with E-state index in [0.29, 0.717) is 0 Å². The van der Waals surface area contributed by atoms with Crippen LogP contribution in [0.5, 0.6) is 0 Å². The van der Waals surface area contributed by atoms with E-state index in [9.17, 15) is 9.59 Å². The van der Waals surface area contributed by atoms with E-state index < -0.39 is 11.5 Å². The lowest BCUT2D eigenvalue weighted by Crippen LogP contribution is -2.35. The van der Waals surface area contributed by atoms with E-state index in [-0.39, 0.29) is 23.7 Å². The van der Waals surface area contributed by atoms with E-state index in [1.807, 2.05) is 0 Å². The number of hydrogen-bond donors (Lipinski definition) is 3. The van der Waals surface area contributed by atoms with E-state index in [0.717, 1.165) is 0 Å². The Bertz CT molecular complexity index is 630. The highest BCUT2D eigenvalue weighted by molar-refractivity contribution is 5.73. The Morgan fingerprint density at radius 1 is 1.71 bits per heavy atom. The van der Waals surface area contributed by atoms with Gasteiger partial charge in [0.15, 0.2) is 11.2 Å². The van der Waals surface area contributed by atoms with Crippen molar-refractivity contribution in [3.8, 4) is 0 Å². The van der Waals surface area contributed by atoms with Crippen LogP contribution in [0.4, 0.5) is 5.95 Å². The molecule has 0 atom stereocenters. The molecule has 2 rings (SSSR count). The number of hydrogen-bond acceptors (Lipinski definition) is 6. The largest absolute Gasteiger partial charge is 0.480 e. The summed E-state index contributed by atoms with van der Waals surface area (Å²) in [6.07, 6.45) is 1.31. The van der Waals surface area contributed by atoms with E-state index in [1.54, 1.807) is 0 Å². The fraction of sp³-hybridized carbons (Fsp3) is 0.250. The molecular formula is C8H10N6O3. The molecule has 4 N–H and O–H groups in total. The molecule has 90 valence electrons. The third-order valence-corrected chi connectivity index (χ3v) is 2.14. The molecule has 9 nitrogen and oxygen atoms in total. The summed E-state index contributed by atoms with van der Waals surface area (Å²) in [6, 6.07) is 0. The van der Waals surface area contributed by atoms with Gasteiger partial charge in [-0.2, -0.15) is 4.98 Å². The Morgan fingerprint density at radius 3 is 3.06 bits per heavy atom. The van der Waals surface area contributed by atoms with Crippen LogP contribution >= 0.6 is 0 Å². The molecule has 0 bridgehead atoms. The molecule has 0 saturated heterocycles. The number of H-pyrrole nitrogens is 1. The summed E-state index contributed by atoms with van der Waals surface area (Å²) in [5.74, 6) is -1.06. The number of likely N-dealkylation sites (N-methyl/N-ethyl adjacent to an activating group) is 1. The summed E-state index contributed by atoms with van der Waals surface area (Å²) >= 11 is 0. The zero-order valence-corrected chi connectivity index (χ0v) is 8.91. The van der Waals surface area contributed by atoms with Gasteiger partial charge in [0.1, 0.15) is 12.9 Å². The average molecular weight is 238 g/mol. The molecule has 2 heterocycles. The van der Waals surface area contributed by atoms with Crippen LogP contribution in [-0.4, -0.2) is 44.3 Å². The lowest BCUT2D eigenvalue weighted by atomic mass is 10.5. The molecule has 2 aromatic heterocycles. The van der Waals surface area contributed by atoms with Crippen LogP contribution in [0.2, 0.25) is 0 Å². The number of nitrogen functional groups attached to an aromatic ring is 1. The number of aromatic amines is 1. The number of nitrogens with one attached hydrogen (secondary N) is 1. The highest BCUT2D eigenvalue weighted by atomic mass is 16.4. The summed E-state index contributed by atoms with van der Waals surface area (Å²) in [4.78, 5) is 32.1. The number of carbonyl (C=O) groups is 1. The van der Waals surface area contributed by atoms with E-state index in [2.05, 4.69) is 15.0 Å². The van der Waals surface area contributed by atoms with Crippen molar-refractivity contribution in [3.05, 3.63) is 16.7 Å². The van der Waals surface area contributed by atoms with Gasteiger partial charge in [-0.15, -0.1) is 0 Å². The van der Waals surface area contributed by atoms with Crippen molar-refractivity contribution in [3.63, 3.8) is 0 Å². The first-order valence-electron chi connectivity index (χ1n) is 4.65. The highest BCUT2D eigenvalue weighted by Gasteiger charge is 2.13. The molecule has 17 heavy (non-hydrogen) atoms. The predicted molar refractivity (Wildman–Crippen MR) is 59.2 cm³/mol. The van der Waals surface area contributed by atoms with Gasteiger partial charge in [0.2, 0.25) is 5.95 Å². The Kier molecular flexibility index (Phi) is 2.42. The average Bonchev–Trinajstić information content (AvgIpc) is 2.59. The second kappa shape index (κ2) is 3.77. The molecule has 0 spiro atoms. The Labute approximate surface area is 94.5 Å². The number of fused-ring (bicyclic) bond motifs is 1. The normalized spacial score (nSPS) is 10.6. The van der Waals surface area contributed by atoms with Crippen molar-refractivity contribution in [2.24, 2.45) is 0 Å². The van der Waals surface area contributed by atoms with Gasteiger partial charge in [-0.05, 0) is 0 Å². The molecular weight excluding hydrogens is 228 g/mol. The second-order valence-corrected chi connectivity index (χ2v) is 3.42. The zero-order valence-electron chi connectivity index (χ0n) is 8.91. The van der Waals surface area contributed by atoms with Crippen molar-refractivity contribution in [1.29, 1.82) is 0 Å². The number of imidazole rings is 1. The SMILES string of the molecule is CN(CC(=O)O)n1cnc2c(=O)[nH]c(N)nc21. The number of anilines is 1. The molecule has 0 aliphatic rings. The minimum absolute atomic E-state index is 0.0482. The van der Waals surface area contributed by atoms with Gasteiger partial charge in [-0.3, -0.25) is 14.6 Å². The first-order valence-corrected chi connectivity index (χ1v) is 4.65. The Balaban J connectivity index is 2.56. The lowest BCUT2D eigenvalue weighted by Gasteiger charge is -2.17. The highest BCUT2D eigenvalue weighted by Crippen LogP contribution is 2.05. The fourth-order valence-corrected chi connectivity index (χ4v) is 1.44. The third kappa shape index (κ3) is 1.89. The van der Waals surface area contributed by atoms with Crippen LogP contribution in [-0.2, 0) is 4.79 Å². The number of nitrogens with two attached hydrogens (primary N) is 1. The van der Waals surface area contributed by atoms with E-state index in [1.165, 1.54) is 23.1 Å². The summed E-state index contributed by atoms with van der Waals surface area (Å²) in [5, 5.41) is 10.0. The van der Waals surface area contributed by atoms with Crippen LogP contribution < -0.4 is 16.3 Å². The topological polar surface area (TPSA) is 130 Å². The van der Waals surface area contributed by atoms with Gasteiger partial charge >= 0.3 is 5.97 Å². The predicted octanol–water partition coefficient (Wildman–Crippen LogP) is -1.65. The number of aliphatic carboxylic acids is 1. The minimum atomic E-state index is -1.01. The monoisotopic (exact) mass is 238 g/mol. The molecule has 0 fully saturated rings. The first kappa shape index (κ1) is 10.9. The molecule has 0 aliphatic heterocycles. The van der Waals surface area contributed by atoms with Gasteiger partial charge < -0.3 is 15.8 Å². The third-order valence-electron chi connectivity index (χ3n) is 2.14. The smallest absolute Gasteiger partial charge is 0.324 e. The second-order valence-electron chi connectivity index (χ2n) is 3.42. The lowest BCUT2D eigenvalue weighted by molar-refractivity contribution is -0.135. The summed E-state index contributed by atoms with van der Waals surface area (Å²) in [6.45, 7) is -0.250. The van der Waals surface area contributed by atoms with Gasteiger partial charge in [-0.25, -0.2) is 9.66 Å². The molecule has 0 radical (unpaired) electrons. The standard InChI is InChI=1S/C8H10N6O3/c1-13(2-4(15)16)14-3-10-5-6(14)11-8(9)12-7(5)17/h3H,2H2,1H3,(H,15,16)(H3,9,11,12,17). The molecule has 0 amide bonds. The van der Waals surface area contributed by atoms with Crippen molar-refractivity contribution in [2.75, 3.05) is 24.3 Å². The van der Waals surface area contributed by atoms with Crippen molar-refractivity contribution < 1.29 is 9.90 Å². The maximum atomic E-state index is 11.5. The summed E-state index contributed by atoms with van der Waals surface area (Å²) < 4.78 is 1.36. The maximum absolute atomic E-state index is 11.5. The number of aromatic nitrogens is 4. The molecule has 2 aromatic rings. The number of carboxylic acids is 1. The van der Waals surface area contributed by atoms with Crippen molar-refractivity contribution in [1.82, 2.24) is 19.6 Å². The zero-order chi connectivity index (χ0) is 12.6. The van der Waals surface area contributed by atoms with Gasteiger partial charge in [0.05, 0.1) is 0 Å². The summed E-state index contributed by atoms with van der Waals surface area (Å²) in [5.41, 5.74) is 5.27. The van der Waals surface area contributed by atoms with Crippen LogP contribution in [0.1, 0.15) is 0 Å². The van der Waals surface area contributed by atoms with Gasteiger partial charge in [-0.1, -0.05) is 0 Å². The molecule has 0 saturated carbocycles. The fourth-order valence-electron chi connectivity index (χ4n) is 1.44.